The Bertz CT molecular complexity index is 853. The molecule has 1 heterocycles. The monoisotopic (exact) mass is 394 g/mol. The number of carbonyl (C=O) groups is 2. The number of anilines is 1. The number of nitrogens with one attached hydrogen (secondary N) is 2. The minimum atomic E-state index is -0.595. The Hall–Kier alpha value is -3.01. The third-order valence-electron chi connectivity index (χ3n) is 3.23. The Labute approximate surface area is 159 Å². The molecule has 0 fully saturated rings. The minimum Gasteiger partial charge on any atom is -0.484 e. The van der Waals surface area contributed by atoms with Gasteiger partial charge in [-0.05, 0) is 44.4 Å². The molecule has 2 N–H and O–H groups in total. The number of aryl methyl sites for hydroxylation is 1. The molecule has 0 saturated carbocycles. The van der Waals surface area contributed by atoms with Crippen molar-refractivity contribution in [3.05, 3.63) is 41.3 Å². The zero-order chi connectivity index (χ0) is 19.8. The predicted molar refractivity (Wildman–Crippen MR) is 99.7 cm³/mol. The first-order chi connectivity index (χ1) is 12.9. The summed E-state index contributed by atoms with van der Waals surface area (Å²) < 4.78 is 27.3. The summed E-state index contributed by atoms with van der Waals surface area (Å²) in [5.74, 6) is -0.729. The van der Waals surface area contributed by atoms with E-state index in [1.165, 1.54) is 18.2 Å². The lowest BCUT2D eigenvalue weighted by Gasteiger charge is -2.07. The Kier molecular flexibility index (Phi) is 7.24. The first-order valence-corrected chi connectivity index (χ1v) is 8.80. The maximum absolute atomic E-state index is 13.1. The summed E-state index contributed by atoms with van der Waals surface area (Å²) >= 11 is 1.09. The summed E-state index contributed by atoms with van der Waals surface area (Å²) in [7, 11) is 0. The van der Waals surface area contributed by atoms with Gasteiger partial charge in [-0.2, -0.15) is 9.47 Å². The van der Waals surface area contributed by atoms with Crippen LogP contribution < -0.4 is 15.5 Å². The molecule has 0 aliphatic rings. The minimum absolute atomic E-state index is 0.240. The molecule has 1 aromatic heterocycles. The standard InChI is InChI=1S/C17H19FN4O4S/c1-4-25-17(24)19-16-15(11(3)22-27-16)10(2)20-21-14(23)9-26-13-7-5-6-12(18)8-13/h5-8H,4,9H2,1-3H3,(H,19,24)(H,21,23)/b20-10+. The van der Waals surface area contributed by atoms with Crippen molar-refractivity contribution in [2.45, 2.75) is 20.8 Å². The van der Waals surface area contributed by atoms with Crippen LogP contribution >= 0.6 is 11.5 Å². The van der Waals surface area contributed by atoms with Gasteiger partial charge in [-0.1, -0.05) is 6.07 Å². The fraction of sp³-hybridized carbons (Fsp3) is 0.294. The predicted octanol–water partition coefficient (Wildman–Crippen LogP) is 3.08. The van der Waals surface area contributed by atoms with Crippen LogP contribution in [-0.4, -0.2) is 35.3 Å². The van der Waals surface area contributed by atoms with E-state index in [0.717, 1.165) is 11.5 Å². The highest BCUT2D eigenvalue weighted by atomic mass is 32.1. The molecule has 2 aromatic rings. The molecule has 0 spiro atoms. The van der Waals surface area contributed by atoms with E-state index >= 15 is 0 Å². The van der Waals surface area contributed by atoms with Gasteiger partial charge in [0.1, 0.15) is 16.6 Å². The van der Waals surface area contributed by atoms with Crippen molar-refractivity contribution in [1.29, 1.82) is 0 Å². The Morgan fingerprint density at radius 1 is 1.37 bits per heavy atom. The fourth-order valence-electron chi connectivity index (χ4n) is 2.08. The molecule has 27 heavy (non-hydrogen) atoms. The van der Waals surface area contributed by atoms with Crippen molar-refractivity contribution in [2.24, 2.45) is 5.10 Å². The van der Waals surface area contributed by atoms with Crippen molar-refractivity contribution in [3.63, 3.8) is 0 Å². The van der Waals surface area contributed by atoms with Crippen LogP contribution in [0.2, 0.25) is 0 Å². The lowest BCUT2D eigenvalue weighted by molar-refractivity contribution is -0.123. The van der Waals surface area contributed by atoms with E-state index in [-0.39, 0.29) is 19.0 Å². The molecule has 0 aliphatic heterocycles. The van der Waals surface area contributed by atoms with Gasteiger partial charge < -0.3 is 9.47 Å². The third kappa shape index (κ3) is 6.03. The summed E-state index contributed by atoms with van der Waals surface area (Å²) in [5, 5.41) is 7.07. The van der Waals surface area contributed by atoms with Crippen LogP contribution in [0.5, 0.6) is 5.75 Å². The highest BCUT2D eigenvalue weighted by molar-refractivity contribution is 7.11. The van der Waals surface area contributed by atoms with Crippen LogP contribution in [0.1, 0.15) is 25.1 Å². The molecule has 0 bridgehead atoms. The number of carbonyl (C=O) groups excluding carboxylic acids is 2. The number of halogens is 1. The molecule has 0 aliphatic carbocycles. The van der Waals surface area contributed by atoms with E-state index in [4.69, 9.17) is 9.47 Å². The van der Waals surface area contributed by atoms with Crippen LogP contribution in [0.4, 0.5) is 14.2 Å². The Balaban J connectivity index is 1.97. The number of hydrogen-bond acceptors (Lipinski definition) is 7. The van der Waals surface area contributed by atoms with Crippen LogP contribution in [0.3, 0.4) is 0 Å². The topological polar surface area (TPSA) is 102 Å². The van der Waals surface area contributed by atoms with Gasteiger partial charge in [-0.25, -0.2) is 14.6 Å². The molecule has 0 atom stereocenters. The van der Waals surface area contributed by atoms with Crippen LogP contribution in [0.25, 0.3) is 0 Å². The summed E-state index contributed by atoms with van der Waals surface area (Å²) in [6.45, 7) is 5.05. The van der Waals surface area contributed by atoms with Crippen LogP contribution in [-0.2, 0) is 9.53 Å². The number of amides is 2. The number of benzene rings is 1. The van der Waals surface area contributed by atoms with Gasteiger partial charge in [0.25, 0.3) is 5.91 Å². The molecule has 10 heteroatoms. The van der Waals surface area contributed by atoms with E-state index < -0.39 is 17.8 Å². The number of aromatic nitrogens is 1. The number of rotatable bonds is 7. The molecular weight excluding hydrogens is 375 g/mol. The normalized spacial score (nSPS) is 11.0. The summed E-state index contributed by atoms with van der Waals surface area (Å²) in [6, 6.07) is 5.48. The Morgan fingerprint density at radius 2 is 2.15 bits per heavy atom. The molecule has 0 saturated heterocycles. The largest absolute Gasteiger partial charge is 0.484 e. The van der Waals surface area contributed by atoms with Crippen LogP contribution in [0, 0.1) is 12.7 Å². The van der Waals surface area contributed by atoms with Gasteiger partial charge in [0.2, 0.25) is 0 Å². The molecule has 144 valence electrons. The summed E-state index contributed by atoms with van der Waals surface area (Å²) in [6.07, 6.45) is -0.595. The maximum Gasteiger partial charge on any atom is 0.412 e. The molecule has 0 radical (unpaired) electrons. The zero-order valence-electron chi connectivity index (χ0n) is 15.0. The molecule has 0 unspecified atom stereocenters. The molecule has 2 rings (SSSR count). The van der Waals surface area contributed by atoms with E-state index in [9.17, 15) is 14.0 Å². The SMILES string of the molecule is CCOC(=O)Nc1snc(C)c1/C(C)=N/NC(=O)COc1cccc(F)c1. The first-order valence-electron chi connectivity index (χ1n) is 8.02. The lowest BCUT2D eigenvalue weighted by atomic mass is 10.2. The summed E-state index contributed by atoms with van der Waals surface area (Å²) in [4.78, 5) is 23.5. The number of hydrogen-bond donors (Lipinski definition) is 2. The van der Waals surface area contributed by atoms with E-state index in [1.54, 1.807) is 26.8 Å². The quantitative estimate of drug-likeness (QED) is 0.555. The van der Waals surface area contributed by atoms with Crippen molar-refractivity contribution < 1.29 is 23.5 Å². The van der Waals surface area contributed by atoms with Crippen molar-refractivity contribution >= 4 is 34.2 Å². The molecule has 8 nitrogen and oxygen atoms in total. The number of nitrogens with zero attached hydrogens (tertiary/aromatic N) is 2. The smallest absolute Gasteiger partial charge is 0.412 e. The molecule has 2 amide bonds. The third-order valence-corrected chi connectivity index (χ3v) is 4.08. The van der Waals surface area contributed by atoms with Gasteiger partial charge >= 0.3 is 6.09 Å². The van der Waals surface area contributed by atoms with E-state index in [0.29, 0.717) is 22.0 Å². The highest BCUT2D eigenvalue weighted by Crippen LogP contribution is 2.25. The summed E-state index contributed by atoms with van der Waals surface area (Å²) in [5.41, 5.74) is 4.05. The van der Waals surface area contributed by atoms with Crippen molar-refractivity contribution in [2.75, 3.05) is 18.5 Å². The average molecular weight is 394 g/mol. The van der Waals surface area contributed by atoms with E-state index in [1.807, 2.05) is 0 Å². The zero-order valence-corrected chi connectivity index (χ0v) is 15.9. The Morgan fingerprint density at radius 3 is 2.85 bits per heavy atom. The van der Waals surface area contributed by atoms with Crippen molar-refractivity contribution in [3.8, 4) is 5.75 Å². The molecule has 1 aromatic carbocycles. The van der Waals surface area contributed by atoms with Gasteiger partial charge in [0, 0.05) is 6.07 Å². The second kappa shape index (κ2) is 9.62. The highest BCUT2D eigenvalue weighted by Gasteiger charge is 2.16. The molecular formula is C17H19FN4O4S. The average Bonchev–Trinajstić information content (AvgIpc) is 2.98. The second-order valence-electron chi connectivity index (χ2n) is 5.30. The van der Waals surface area contributed by atoms with Crippen LogP contribution in [0.15, 0.2) is 29.4 Å². The maximum atomic E-state index is 13.1. The fourth-order valence-corrected chi connectivity index (χ4v) is 2.92. The van der Waals surface area contributed by atoms with Gasteiger partial charge in [-0.15, -0.1) is 0 Å². The lowest BCUT2D eigenvalue weighted by Crippen LogP contribution is -2.26. The van der Waals surface area contributed by atoms with Gasteiger partial charge in [0.15, 0.2) is 6.61 Å². The van der Waals surface area contributed by atoms with E-state index in [2.05, 4.69) is 20.2 Å². The van der Waals surface area contributed by atoms with Gasteiger partial charge in [0.05, 0.1) is 23.6 Å². The number of ether oxygens (including phenoxy) is 2. The first kappa shape index (κ1) is 20.3. The van der Waals surface area contributed by atoms with Crippen molar-refractivity contribution in [1.82, 2.24) is 9.80 Å². The van der Waals surface area contributed by atoms with Gasteiger partial charge in [-0.3, -0.25) is 10.1 Å². The second-order valence-corrected chi connectivity index (χ2v) is 6.07. The number of hydrazone groups is 1.